The summed E-state index contributed by atoms with van der Waals surface area (Å²) in [5, 5.41) is 4.55. The lowest BCUT2D eigenvalue weighted by molar-refractivity contribution is 0.0689. The number of pyridine rings is 1. The molecular weight excluding hydrogens is 557 g/mol. The first-order valence-electron chi connectivity index (χ1n) is 14.0. The number of aryl methyl sites for hydroxylation is 1. The third-order valence-corrected chi connectivity index (χ3v) is 9.63. The van der Waals surface area contributed by atoms with Crippen molar-refractivity contribution < 1.29 is 17.6 Å². The molecule has 1 fully saturated rings. The largest absolute Gasteiger partial charge is 0.382 e. The van der Waals surface area contributed by atoms with Gasteiger partial charge in [-0.15, -0.1) is 9.24 Å². The number of amides is 1. The quantitative estimate of drug-likeness (QED) is 0.261. The van der Waals surface area contributed by atoms with Crippen LogP contribution < -0.4 is 15.3 Å². The normalized spacial score (nSPS) is 17.8. The molecule has 11 heteroatoms. The third-order valence-electron chi connectivity index (χ3n) is 7.68. The number of nitrogens with zero attached hydrogens (tertiary/aromatic N) is 2. The van der Waals surface area contributed by atoms with E-state index in [1.54, 1.807) is 18.9 Å². The van der Waals surface area contributed by atoms with Crippen LogP contribution in [0.2, 0.25) is 0 Å². The number of sulfonamides is 1. The molecule has 0 aliphatic heterocycles. The lowest BCUT2D eigenvalue weighted by Gasteiger charge is -2.36. The number of hydrogen-bond acceptors (Lipinski definition) is 5. The van der Waals surface area contributed by atoms with Crippen LogP contribution in [0.3, 0.4) is 0 Å². The maximum absolute atomic E-state index is 15.4. The first-order chi connectivity index (χ1) is 19.2. The van der Waals surface area contributed by atoms with Crippen LogP contribution in [0.1, 0.15) is 74.5 Å². The molecule has 2 aromatic carbocycles. The van der Waals surface area contributed by atoms with Crippen molar-refractivity contribution in [3.05, 3.63) is 59.0 Å². The minimum atomic E-state index is -3.70. The number of anilines is 2. The maximum Gasteiger partial charge on any atom is 0.257 e. The molecule has 1 aliphatic rings. The Bertz CT molecular complexity index is 1550. The van der Waals surface area contributed by atoms with E-state index in [1.165, 1.54) is 12.1 Å². The van der Waals surface area contributed by atoms with Crippen molar-refractivity contribution in [1.29, 1.82) is 0 Å². The van der Waals surface area contributed by atoms with Gasteiger partial charge in [0.25, 0.3) is 5.91 Å². The van der Waals surface area contributed by atoms with Crippen LogP contribution in [-0.2, 0) is 15.3 Å². The maximum atomic E-state index is 15.4. The second-order valence-corrected chi connectivity index (χ2v) is 14.1. The monoisotopic (exact) mass is 596 g/mol. The highest BCUT2D eigenvalue weighted by atomic mass is 32.2. The van der Waals surface area contributed by atoms with Gasteiger partial charge in [-0.25, -0.2) is 12.8 Å². The molecule has 2 N–H and O–H groups in total. The number of nitrogens with one attached hydrogen (secondary N) is 2. The molecule has 1 heterocycles. The van der Waals surface area contributed by atoms with Gasteiger partial charge in [-0.1, -0.05) is 38.5 Å². The van der Waals surface area contributed by atoms with Crippen LogP contribution >= 0.6 is 9.24 Å². The van der Waals surface area contributed by atoms with Crippen molar-refractivity contribution in [2.75, 3.05) is 22.8 Å². The second kappa shape index (κ2) is 12.3. The summed E-state index contributed by atoms with van der Waals surface area (Å²) in [7, 11) is 6.76. The van der Waals surface area contributed by atoms with Crippen molar-refractivity contribution in [2.24, 2.45) is 0 Å². The van der Waals surface area contributed by atoms with Crippen LogP contribution in [0.15, 0.2) is 36.4 Å². The van der Waals surface area contributed by atoms with Gasteiger partial charge in [0.2, 0.25) is 10.0 Å². The number of benzene rings is 2. The van der Waals surface area contributed by atoms with E-state index in [0.29, 0.717) is 11.7 Å². The van der Waals surface area contributed by atoms with Crippen LogP contribution in [0, 0.1) is 12.7 Å². The summed E-state index contributed by atoms with van der Waals surface area (Å²) in [5.41, 5.74) is 3.50. The van der Waals surface area contributed by atoms with E-state index in [2.05, 4.69) is 32.3 Å². The molecule has 4 rings (SSSR count). The van der Waals surface area contributed by atoms with E-state index in [9.17, 15) is 13.2 Å². The first-order valence-corrected chi connectivity index (χ1v) is 16.3. The summed E-state index contributed by atoms with van der Waals surface area (Å²) in [4.78, 5) is 19.9. The summed E-state index contributed by atoms with van der Waals surface area (Å²) in [5.74, 6) is -1.45. The number of carbonyl (C=O) groups is 1. The van der Waals surface area contributed by atoms with Gasteiger partial charge in [-0.3, -0.25) is 14.5 Å². The van der Waals surface area contributed by atoms with E-state index in [0.717, 1.165) is 53.5 Å². The summed E-state index contributed by atoms with van der Waals surface area (Å²) in [6.07, 6.45) is 3.54. The SMILES string of the molecule is [B]C(C)(C)c1cc(NC2CCC(N(C)C(=O)c3c(P)ccc(NS(=O)(=O)CCC)c3F)CC2)c2cc(C)ccc2n1. The van der Waals surface area contributed by atoms with Crippen LogP contribution in [0.5, 0.6) is 0 Å². The first kappa shape index (κ1) is 31.2. The van der Waals surface area contributed by atoms with Crippen LogP contribution in [-0.4, -0.2) is 56.9 Å². The molecular formula is C30H39BFN4O3PS. The minimum Gasteiger partial charge on any atom is -0.382 e. The molecule has 1 atom stereocenters. The van der Waals surface area contributed by atoms with Gasteiger partial charge in [0.05, 0.1) is 30.4 Å². The molecule has 1 saturated carbocycles. The Morgan fingerprint density at radius 3 is 2.46 bits per heavy atom. The standard InChI is InChI=1S/C30H39BFN4O3PS/c1-6-15-41(38,39)35-23-13-14-25(40)27(28(23)32)29(37)36(5)20-10-8-19(9-11-20)33-24-17-26(30(3,4)31)34-22-12-7-18(2)16-21(22)24/h7,12-14,16-17,19-20,35H,6,8-11,15,40H2,1-5H3,(H,33,34). The van der Waals surface area contributed by atoms with Crippen LogP contribution in [0.25, 0.3) is 10.9 Å². The van der Waals surface area contributed by atoms with Crippen molar-refractivity contribution in [1.82, 2.24) is 9.88 Å². The van der Waals surface area contributed by atoms with E-state index in [-0.39, 0.29) is 29.1 Å². The summed E-state index contributed by atoms with van der Waals surface area (Å²) in [6, 6.07) is 11.2. The molecule has 1 amide bonds. The molecule has 0 saturated heterocycles. The van der Waals surface area contributed by atoms with Gasteiger partial charge < -0.3 is 10.2 Å². The van der Waals surface area contributed by atoms with Crippen molar-refractivity contribution in [3.8, 4) is 0 Å². The van der Waals surface area contributed by atoms with Gasteiger partial charge in [-0.2, -0.15) is 0 Å². The van der Waals surface area contributed by atoms with Crippen molar-refractivity contribution >= 4 is 60.6 Å². The average Bonchev–Trinajstić information content (AvgIpc) is 2.90. The van der Waals surface area contributed by atoms with E-state index < -0.39 is 27.1 Å². The number of fused-ring (bicyclic) bond motifs is 1. The van der Waals surface area contributed by atoms with Crippen LogP contribution in [0.4, 0.5) is 15.8 Å². The number of hydrogen-bond donors (Lipinski definition) is 2. The Morgan fingerprint density at radius 1 is 1.15 bits per heavy atom. The summed E-state index contributed by atoms with van der Waals surface area (Å²) in [6.45, 7) is 7.67. The molecule has 2 radical (unpaired) electrons. The fourth-order valence-corrected chi connectivity index (χ4v) is 6.81. The van der Waals surface area contributed by atoms with Gasteiger partial charge in [0, 0.05) is 35.9 Å². The Morgan fingerprint density at radius 2 is 1.83 bits per heavy atom. The number of halogens is 1. The fourth-order valence-electron chi connectivity index (χ4n) is 5.33. The van der Waals surface area contributed by atoms with Gasteiger partial charge in [0.1, 0.15) is 0 Å². The molecule has 0 spiro atoms. The summed E-state index contributed by atoms with van der Waals surface area (Å²) < 4.78 is 42.2. The highest BCUT2D eigenvalue weighted by Crippen LogP contribution is 2.32. The third kappa shape index (κ3) is 7.21. The topological polar surface area (TPSA) is 91.4 Å². The Balaban J connectivity index is 1.48. The zero-order chi connectivity index (χ0) is 30.1. The molecule has 218 valence electrons. The fraction of sp³-hybridized carbons (Fsp3) is 0.467. The van der Waals surface area contributed by atoms with E-state index in [1.807, 2.05) is 32.0 Å². The average molecular weight is 597 g/mol. The number of aromatic nitrogens is 1. The smallest absolute Gasteiger partial charge is 0.257 e. The molecule has 1 aromatic heterocycles. The predicted octanol–water partition coefficient (Wildman–Crippen LogP) is 5.23. The molecule has 1 unspecified atom stereocenters. The van der Waals surface area contributed by atoms with Gasteiger partial charge in [-0.05, 0) is 73.9 Å². The molecule has 1 aliphatic carbocycles. The van der Waals surface area contributed by atoms with Gasteiger partial charge in [0.15, 0.2) is 5.82 Å². The highest BCUT2D eigenvalue weighted by molar-refractivity contribution is 7.92. The zero-order valence-corrected chi connectivity index (χ0v) is 26.4. The Labute approximate surface area is 246 Å². The van der Waals surface area contributed by atoms with Gasteiger partial charge >= 0.3 is 0 Å². The highest BCUT2D eigenvalue weighted by Gasteiger charge is 2.31. The van der Waals surface area contributed by atoms with Crippen molar-refractivity contribution in [3.63, 3.8) is 0 Å². The molecule has 0 bridgehead atoms. The lowest BCUT2D eigenvalue weighted by atomic mass is 9.69. The second-order valence-electron chi connectivity index (χ2n) is 11.7. The summed E-state index contributed by atoms with van der Waals surface area (Å²) >= 11 is 0. The Hall–Kier alpha value is -2.71. The Kier molecular flexibility index (Phi) is 9.34. The lowest BCUT2D eigenvalue weighted by Crippen LogP contribution is -2.43. The molecule has 41 heavy (non-hydrogen) atoms. The van der Waals surface area contributed by atoms with E-state index >= 15 is 4.39 Å². The number of rotatable bonds is 9. The molecule has 3 aromatic rings. The van der Waals surface area contributed by atoms with Crippen molar-refractivity contribution in [2.45, 2.75) is 77.2 Å². The predicted molar refractivity (Wildman–Crippen MR) is 170 cm³/mol. The number of carbonyl (C=O) groups excluding carboxylic acids is 1. The van der Waals surface area contributed by atoms with E-state index in [4.69, 9.17) is 12.8 Å². The minimum absolute atomic E-state index is 0.0697. The molecule has 7 nitrogen and oxygen atoms in total. The zero-order valence-electron chi connectivity index (χ0n) is 24.4.